The van der Waals surface area contributed by atoms with Gasteiger partial charge in [-0.15, -0.1) is 0 Å². The van der Waals surface area contributed by atoms with Crippen LogP contribution in [0.25, 0.3) is 0 Å². The molecule has 0 aromatic heterocycles. The van der Waals surface area contributed by atoms with Crippen LogP contribution in [0.2, 0.25) is 0 Å². The molecule has 0 heterocycles. The summed E-state index contributed by atoms with van der Waals surface area (Å²) in [6, 6.07) is -0.555. The highest BCUT2D eigenvalue weighted by Gasteiger charge is 2.20. The first-order valence-corrected chi connectivity index (χ1v) is 23.6. The maximum Gasteiger partial charge on any atom is 0.305 e. The summed E-state index contributed by atoms with van der Waals surface area (Å²) >= 11 is 0. The van der Waals surface area contributed by atoms with Crippen molar-refractivity contribution in [2.45, 2.75) is 257 Å². The molecule has 0 aromatic carbocycles. The second-order valence-electron chi connectivity index (χ2n) is 16.1. The van der Waals surface area contributed by atoms with Crippen molar-refractivity contribution in [1.82, 2.24) is 5.32 Å². The SMILES string of the molecule is CCCCCCCCCCCCCCCC(=O)OCCCCC/C=C\C=C/CCCCCCCCC(=O)NC(CO)C(O)CCCCCCCCCCC. The number of aliphatic hydroxyl groups excluding tert-OH is 2. The van der Waals surface area contributed by atoms with Gasteiger partial charge in [0.25, 0.3) is 0 Å². The van der Waals surface area contributed by atoms with E-state index < -0.39 is 12.1 Å². The minimum atomic E-state index is -0.675. The minimum absolute atomic E-state index is 0.0210. The average Bonchev–Trinajstić information content (AvgIpc) is 3.17. The van der Waals surface area contributed by atoms with E-state index in [0.717, 1.165) is 77.0 Å². The molecule has 0 aliphatic heterocycles. The molecule has 2 atom stereocenters. The van der Waals surface area contributed by atoms with E-state index in [4.69, 9.17) is 4.74 Å². The lowest BCUT2D eigenvalue weighted by atomic mass is 10.0. The maximum atomic E-state index is 12.4. The van der Waals surface area contributed by atoms with Gasteiger partial charge in [0.05, 0.1) is 25.4 Å². The topological polar surface area (TPSA) is 95.9 Å². The van der Waals surface area contributed by atoms with Crippen molar-refractivity contribution >= 4 is 11.9 Å². The fourth-order valence-electron chi connectivity index (χ4n) is 7.10. The van der Waals surface area contributed by atoms with E-state index >= 15 is 0 Å². The van der Waals surface area contributed by atoms with Crippen LogP contribution in [0, 0.1) is 0 Å². The largest absolute Gasteiger partial charge is 0.466 e. The van der Waals surface area contributed by atoms with Gasteiger partial charge in [-0.05, 0) is 57.8 Å². The molecular weight excluding hydrogens is 671 g/mol. The molecule has 0 rings (SSSR count). The smallest absolute Gasteiger partial charge is 0.305 e. The summed E-state index contributed by atoms with van der Waals surface area (Å²) in [5, 5.41) is 23.0. The lowest BCUT2D eigenvalue weighted by molar-refractivity contribution is -0.143. The molecule has 54 heavy (non-hydrogen) atoms. The van der Waals surface area contributed by atoms with Crippen molar-refractivity contribution in [3.05, 3.63) is 24.3 Å². The summed E-state index contributed by atoms with van der Waals surface area (Å²) in [6.45, 7) is 4.86. The van der Waals surface area contributed by atoms with E-state index in [-0.39, 0.29) is 18.5 Å². The summed E-state index contributed by atoms with van der Waals surface area (Å²) in [5.74, 6) is -0.0817. The molecule has 0 fully saturated rings. The zero-order valence-corrected chi connectivity index (χ0v) is 36.0. The summed E-state index contributed by atoms with van der Waals surface area (Å²) in [4.78, 5) is 24.3. The van der Waals surface area contributed by atoms with Gasteiger partial charge in [0.1, 0.15) is 0 Å². The Balaban J connectivity index is 3.51. The van der Waals surface area contributed by atoms with Gasteiger partial charge in [0, 0.05) is 12.8 Å². The first-order chi connectivity index (χ1) is 26.5. The van der Waals surface area contributed by atoms with Crippen LogP contribution < -0.4 is 5.32 Å². The van der Waals surface area contributed by atoms with E-state index in [1.54, 1.807) is 0 Å². The second-order valence-corrected chi connectivity index (χ2v) is 16.1. The number of nitrogens with one attached hydrogen (secondary N) is 1. The van der Waals surface area contributed by atoms with Crippen LogP contribution in [-0.2, 0) is 14.3 Å². The third kappa shape index (κ3) is 40.0. The quantitative estimate of drug-likeness (QED) is 0.0327. The normalized spacial score (nSPS) is 12.9. The van der Waals surface area contributed by atoms with Gasteiger partial charge in [-0.25, -0.2) is 0 Å². The first-order valence-electron chi connectivity index (χ1n) is 23.6. The Hall–Kier alpha value is -1.66. The third-order valence-electron chi connectivity index (χ3n) is 10.8. The van der Waals surface area contributed by atoms with Crippen LogP contribution in [0.1, 0.15) is 245 Å². The first kappa shape index (κ1) is 52.3. The molecule has 0 aromatic rings. The Morgan fingerprint density at radius 3 is 1.37 bits per heavy atom. The summed E-state index contributed by atoms with van der Waals surface area (Å²) in [6.07, 6.45) is 50.0. The van der Waals surface area contributed by atoms with Gasteiger partial charge in [-0.1, -0.05) is 199 Å². The Bertz CT molecular complexity index is 843. The summed E-state index contributed by atoms with van der Waals surface area (Å²) < 4.78 is 5.43. The molecule has 318 valence electrons. The minimum Gasteiger partial charge on any atom is -0.466 e. The van der Waals surface area contributed by atoms with Crippen LogP contribution in [-0.4, -0.2) is 47.4 Å². The molecule has 0 radical (unpaired) electrons. The molecule has 0 aliphatic rings. The molecule has 0 spiro atoms. The van der Waals surface area contributed by atoms with E-state index in [0.29, 0.717) is 25.9 Å². The second kappa shape index (κ2) is 44.1. The fourth-order valence-corrected chi connectivity index (χ4v) is 7.10. The number of allylic oxidation sites excluding steroid dienone is 4. The predicted octanol–water partition coefficient (Wildman–Crippen LogP) is 13.6. The average molecular weight is 762 g/mol. The fraction of sp³-hybridized carbons (Fsp3) is 0.875. The Morgan fingerprint density at radius 2 is 0.907 bits per heavy atom. The molecule has 3 N–H and O–H groups in total. The van der Waals surface area contributed by atoms with Gasteiger partial charge in [0.2, 0.25) is 5.91 Å². The van der Waals surface area contributed by atoms with E-state index in [9.17, 15) is 19.8 Å². The zero-order valence-electron chi connectivity index (χ0n) is 36.0. The van der Waals surface area contributed by atoms with Crippen LogP contribution in [0.3, 0.4) is 0 Å². The summed E-state index contributed by atoms with van der Waals surface area (Å²) in [7, 11) is 0. The molecular formula is C48H91NO5. The van der Waals surface area contributed by atoms with Crippen LogP contribution in [0.4, 0.5) is 0 Å². The van der Waals surface area contributed by atoms with Gasteiger partial charge < -0.3 is 20.3 Å². The maximum absolute atomic E-state index is 12.4. The third-order valence-corrected chi connectivity index (χ3v) is 10.8. The van der Waals surface area contributed by atoms with Crippen LogP contribution in [0.15, 0.2) is 24.3 Å². The molecule has 1 amide bonds. The zero-order chi connectivity index (χ0) is 39.4. The number of esters is 1. The standard InChI is InChI=1S/C48H91NO5/c1-3-5-7-9-11-13-14-18-22-26-30-34-38-42-48(53)54-43-39-35-31-27-23-20-17-15-16-19-21-25-29-33-37-41-47(52)49-45(44-50)46(51)40-36-32-28-24-12-10-8-6-4-2/h15,17,20,23,45-46,50-51H,3-14,16,18-19,21-22,24-44H2,1-2H3,(H,49,52)/b17-15-,23-20-. The highest BCUT2D eigenvalue weighted by Crippen LogP contribution is 2.15. The molecule has 6 nitrogen and oxygen atoms in total. The van der Waals surface area contributed by atoms with Crippen molar-refractivity contribution in [2.75, 3.05) is 13.2 Å². The Morgan fingerprint density at radius 1 is 0.519 bits per heavy atom. The van der Waals surface area contributed by atoms with Crippen molar-refractivity contribution in [3.63, 3.8) is 0 Å². The number of amides is 1. The van der Waals surface area contributed by atoms with Gasteiger partial charge in [-0.3, -0.25) is 9.59 Å². The molecule has 0 bridgehead atoms. The van der Waals surface area contributed by atoms with Gasteiger partial charge in [-0.2, -0.15) is 0 Å². The highest BCUT2D eigenvalue weighted by molar-refractivity contribution is 5.76. The van der Waals surface area contributed by atoms with Gasteiger partial charge >= 0.3 is 5.97 Å². The summed E-state index contributed by atoms with van der Waals surface area (Å²) in [5.41, 5.74) is 0. The van der Waals surface area contributed by atoms with Crippen LogP contribution >= 0.6 is 0 Å². The highest BCUT2D eigenvalue weighted by atomic mass is 16.5. The molecule has 6 heteroatoms. The number of rotatable bonds is 43. The molecule has 0 saturated heterocycles. The monoisotopic (exact) mass is 762 g/mol. The van der Waals surface area contributed by atoms with E-state index in [1.807, 2.05) is 0 Å². The Labute approximate surface area is 335 Å². The molecule has 2 unspecified atom stereocenters. The van der Waals surface area contributed by atoms with Crippen molar-refractivity contribution < 1.29 is 24.5 Å². The number of hydrogen-bond acceptors (Lipinski definition) is 5. The van der Waals surface area contributed by atoms with Crippen molar-refractivity contribution in [2.24, 2.45) is 0 Å². The lowest BCUT2D eigenvalue weighted by Gasteiger charge is -2.22. The number of hydrogen-bond donors (Lipinski definition) is 3. The number of ether oxygens (including phenoxy) is 1. The number of aliphatic hydroxyl groups is 2. The number of carbonyl (C=O) groups is 2. The van der Waals surface area contributed by atoms with Crippen LogP contribution in [0.5, 0.6) is 0 Å². The molecule has 0 saturated carbocycles. The van der Waals surface area contributed by atoms with E-state index in [2.05, 4.69) is 43.5 Å². The Kier molecular flexibility index (Phi) is 42.7. The lowest BCUT2D eigenvalue weighted by Crippen LogP contribution is -2.45. The van der Waals surface area contributed by atoms with E-state index in [1.165, 1.54) is 135 Å². The van der Waals surface area contributed by atoms with Crippen molar-refractivity contribution in [1.29, 1.82) is 0 Å². The van der Waals surface area contributed by atoms with Crippen molar-refractivity contribution in [3.8, 4) is 0 Å². The molecule has 0 aliphatic carbocycles. The predicted molar refractivity (Wildman–Crippen MR) is 232 cm³/mol. The number of carbonyl (C=O) groups excluding carboxylic acids is 2. The van der Waals surface area contributed by atoms with Gasteiger partial charge in [0.15, 0.2) is 0 Å². The number of unbranched alkanes of at least 4 members (excludes halogenated alkanes) is 29.